The molecule has 0 aromatic heterocycles. The summed E-state index contributed by atoms with van der Waals surface area (Å²) in [6.45, 7) is 2.04. The molecule has 0 bridgehead atoms. The highest BCUT2D eigenvalue weighted by atomic mass is 32.2. The van der Waals surface area contributed by atoms with Crippen molar-refractivity contribution in [2.45, 2.75) is 12.7 Å². The SMILES string of the molecule is Cc1ccc(CSCC(=O)NNC(=O)c2ccccc2)cc1. The van der Waals surface area contributed by atoms with Crippen LogP contribution < -0.4 is 10.9 Å². The lowest BCUT2D eigenvalue weighted by atomic mass is 10.2. The summed E-state index contributed by atoms with van der Waals surface area (Å²) in [5, 5.41) is 0. The van der Waals surface area contributed by atoms with Gasteiger partial charge in [0.25, 0.3) is 5.91 Å². The molecular weight excluding hydrogens is 296 g/mol. The molecule has 0 aliphatic heterocycles. The molecule has 22 heavy (non-hydrogen) atoms. The van der Waals surface area contributed by atoms with Gasteiger partial charge >= 0.3 is 0 Å². The van der Waals surface area contributed by atoms with Gasteiger partial charge in [0.05, 0.1) is 5.75 Å². The van der Waals surface area contributed by atoms with Crippen LogP contribution in [0.5, 0.6) is 0 Å². The Hall–Kier alpha value is -2.27. The molecule has 0 aliphatic carbocycles. The maximum atomic E-state index is 11.7. The quantitative estimate of drug-likeness (QED) is 0.834. The van der Waals surface area contributed by atoms with Gasteiger partial charge in [-0.2, -0.15) is 0 Å². The lowest BCUT2D eigenvalue weighted by Crippen LogP contribution is -2.42. The Kier molecular flexibility index (Phi) is 6.03. The number of hydrogen-bond acceptors (Lipinski definition) is 3. The summed E-state index contributed by atoms with van der Waals surface area (Å²) in [6.07, 6.45) is 0. The summed E-state index contributed by atoms with van der Waals surface area (Å²) < 4.78 is 0. The minimum Gasteiger partial charge on any atom is -0.272 e. The van der Waals surface area contributed by atoms with Crippen LogP contribution in [0.2, 0.25) is 0 Å². The van der Waals surface area contributed by atoms with Crippen molar-refractivity contribution < 1.29 is 9.59 Å². The third-order valence-electron chi connectivity index (χ3n) is 2.97. The van der Waals surface area contributed by atoms with E-state index in [1.807, 2.05) is 13.0 Å². The molecular formula is C17H18N2O2S. The molecule has 2 aromatic rings. The minimum absolute atomic E-state index is 0.221. The number of rotatable bonds is 5. The van der Waals surface area contributed by atoms with E-state index in [-0.39, 0.29) is 11.8 Å². The Morgan fingerprint density at radius 3 is 2.32 bits per heavy atom. The molecule has 0 unspecified atom stereocenters. The lowest BCUT2D eigenvalue weighted by Gasteiger charge is -2.07. The number of thioether (sulfide) groups is 1. The predicted octanol–water partition coefficient (Wildman–Crippen LogP) is 2.69. The fraction of sp³-hybridized carbons (Fsp3) is 0.176. The molecule has 0 aliphatic rings. The van der Waals surface area contributed by atoms with Crippen molar-refractivity contribution in [3.05, 3.63) is 71.3 Å². The zero-order valence-corrected chi connectivity index (χ0v) is 13.2. The molecule has 2 amide bonds. The fourth-order valence-corrected chi connectivity index (χ4v) is 2.56. The first-order valence-corrected chi connectivity index (χ1v) is 8.08. The van der Waals surface area contributed by atoms with E-state index in [0.29, 0.717) is 11.3 Å². The van der Waals surface area contributed by atoms with Gasteiger partial charge in [-0.15, -0.1) is 11.8 Å². The topological polar surface area (TPSA) is 58.2 Å². The van der Waals surface area contributed by atoms with Crippen LogP contribution in [0.4, 0.5) is 0 Å². The van der Waals surface area contributed by atoms with E-state index in [4.69, 9.17) is 0 Å². The van der Waals surface area contributed by atoms with Crippen molar-refractivity contribution in [3.8, 4) is 0 Å². The molecule has 0 heterocycles. The number of aryl methyl sites for hydroxylation is 1. The van der Waals surface area contributed by atoms with Crippen LogP contribution in [0.25, 0.3) is 0 Å². The number of benzene rings is 2. The van der Waals surface area contributed by atoms with Gasteiger partial charge in [-0.1, -0.05) is 48.0 Å². The third-order valence-corrected chi connectivity index (χ3v) is 3.98. The molecule has 0 saturated carbocycles. The second-order valence-electron chi connectivity index (χ2n) is 4.85. The highest BCUT2D eigenvalue weighted by Crippen LogP contribution is 2.12. The zero-order chi connectivity index (χ0) is 15.8. The molecule has 4 nitrogen and oxygen atoms in total. The zero-order valence-electron chi connectivity index (χ0n) is 12.3. The molecule has 0 saturated heterocycles. The number of carbonyl (C=O) groups is 2. The average Bonchev–Trinajstić information content (AvgIpc) is 2.55. The first kappa shape index (κ1) is 16.1. The normalized spacial score (nSPS) is 10.0. The smallest absolute Gasteiger partial charge is 0.269 e. The van der Waals surface area contributed by atoms with Gasteiger partial charge in [-0.05, 0) is 24.6 Å². The van der Waals surface area contributed by atoms with Crippen molar-refractivity contribution in [1.29, 1.82) is 0 Å². The van der Waals surface area contributed by atoms with Gasteiger partial charge in [0, 0.05) is 11.3 Å². The molecule has 5 heteroatoms. The summed E-state index contributed by atoms with van der Waals surface area (Å²) in [4.78, 5) is 23.4. The van der Waals surface area contributed by atoms with Crippen molar-refractivity contribution in [3.63, 3.8) is 0 Å². The Bertz CT molecular complexity index is 627. The van der Waals surface area contributed by atoms with E-state index in [2.05, 4.69) is 35.1 Å². The van der Waals surface area contributed by atoms with Crippen molar-refractivity contribution >= 4 is 23.6 Å². The van der Waals surface area contributed by atoms with Gasteiger partial charge in [-0.3, -0.25) is 20.4 Å². The monoisotopic (exact) mass is 314 g/mol. The van der Waals surface area contributed by atoms with E-state index >= 15 is 0 Å². The second kappa shape index (κ2) is 8.24. The molecule has 2 aromatic carbocycles. The molecule has 0 spiro atoms. The second-order valence-corrected chi connectivity index (χ2v) is 5.83. The number of amides is 2. The van der Waals surface area contributed by atoms with Crippen molar-refractivity contribution in [1.82, 2.24) is 10.9 Å². The first-order chi connectivity index (χ1) is 10.6. The van der Waals surface area contributed by atoms with Crippen LogP contribution in [-0.2, 0) is 10.5 Å². The Labute approximate surface area is 134 Å². The lowest BCUT2D eigenvalue weighted by molar-refractivity contribution is -0.119. The van der Waals surface area contributed by atoms with Gasteiger partial charge in [0.15, 0.2) is 0 Å². The summed E-state index contributed by atoms with van der Waals surface area (Å²) in [5.74, 6) is 0.516. The third kappa shape index (κ3) is 5.26. The largest absolute Gasteiger partial charge is 0.272 e. The van der Waals surface area contributed by atoms with Gasteiger partial charge < -0.3 is 0 Å². The van der Waals surface area contributed by atoms with Crippen LogP contribution in [0.1, 0.15) is 21.5 Å². The van der Waals surface area contributed by atoms with Gasteiger partial charge in [0.2, 0.25) is 5.91 Å². The number of hydrazine groups is 1. The summed E-state index contributed by atoms with van der Waals surface area (Å²) in [6, 6.07) is 17.0. The molecule has 0 radical (unpaired) electrons. The Balaban J connectivity index is 1.68. The maximum absolute atomic E-state index is 11.7. The minimum atomic E-state index is -0.322. The highest BCUT2D eigenvalue weighted by molar-refractivity contribution is 7.99. The van der Waals surface area contributed by atoms with E-state index in [1.165, 1.54) is 22.9 Å². The van der Waals surface area contributed by atoms with Crippen LogP contribution >= 0.6 is 11.8 Å². The maximum Gasteiger partial charge on any atom is 0.269 e. The average molecular weight is 314 g/mol. The van der Waals surface area contributed by atoms with Crippen molar-refractivity contribution in [2.75, 3.05) is 5.75 Å². The van der Waals surface area contributed by atoms with E-state index in [0.717, 1.165) is 5.75 Å². The van der Waals surface area contributed by atoms with E-state index < -0.39 is 0 Å². The molecule has 0 fully saturated rings. The molecule has 2 rings (SSSR count). The fourth-order valence-electron chi connectivity index (χ4n) is 1.77. The Morgan fingerprint density at radius 2 is 1.64 bits per heavy atom. The van der Waals surface area contributed by atoms with Gasteiger partial charge in [0.1, 0.15) is 0 Å². The van der Waals surface area contributed by atoms with Crippen LogP contribution in [-0.4, -0.2) is 17.6 Å². The first-order valence-electron chi connectivity index (χ1n) is 6.92. The van der Waals surface area contributed by atoms with Gasteiger partial charge in [-0.25, -0.2) is 0 Å². The highest BCUT2D eigenvalue weighted by Gasteiger charge is 2.06. The summed E-state index contributed by atoms with van der Waals surface area (Å²) in [7, 11) is 0. The van der Waals surface area contributed by atoms with E-state index in [1.54, 1.807) is 24.3 Å². The Morgan fingerprint density at radius 1 is 0.955 bits per heavy atom. The number of nitrogens with one attached hydrogen (secondary N) is 2. The van der Waals surface area contributed by atoms with Crippen LogP contribution in [0.15, 0.2) is 54.6 Å². The standard InChI is InChI=1S/C17H18N2O2S/c1-13-7-9-14(10-8-13)11-22-12-16(20)18-19-17(21)15-5-3-2-4-6-15/h2-10H,11-12H2,1H3,(H,18,20)(H,19,21). The van der Waals surface area contributed by atoms with Crippen LogP contribution in [0.3, 0.4) is 0 Å². The predicted molar refractivity (Wildman–Crippen MR) is 89.4 cm³/mol. The summed E-state index contributed by atoms with van der Waals surface area (Å²) >= 11 is 1.50. The van der Waals surface area contributed by atoms with E-state index in [9.17, 15) is 9.59 Å². The summed E-state index contributed by atoms with van der Waals surface area (Å²) in [5.41, 5.74) is 7.72. The van der Waals surface area contributed by atoms with Crippen LogP contribution in [0, 0.1) is 6.92 Å². The van der Waals surface area contributed by atoms with Crippen molar-refractivity contribution in [2.24, 2.45) is 0 Å². The molecule has 114 valence electrons. The number of hydrogen-bond donors (Lipinski definition) is 2. The molecule has 0 atom stereocenters. The number of carbonyl (C=O) groups excluding carboxylic acids is 2. The molecule has 2 N–H and O–H groups in total.